The van der Waals surface area contributed by atoms with Crippen LogP contribution < -0.4 is 5.32 Å². The monoisotopic (exact) mass is 332 g/mol. The minimum Gasteiger partial charge on any atom is -0.459 e. The number of rotatable bonds is 4. The molecule has 1 aliphatic heterocycles. The number of furan rings is 1. The van der Waals surface area contributed by atoms with Gasteiger partial charge in [-0.2, -0.15) is 0 Å². The van der Waals surface area contributed by atoms with Crippen molar-refractivity contribution in [2.45, 2.75) is 25.8 Å². The van der Waals surface area contributed by atoms with Crippen molar-refractivity contribution in [2.24, 2.45) is 5.92 Å². The number of amides is 2. The molecular formula is C17H20N2O3S. The first-order valence-electron chi connectivity index (χ1n) is 7.81. The summed E-state index contributed by atoms with van der Waals surface area (Å²) in [4.78, 5) is 27.7. The molecule has 122 valence electrons. The van der Waals surface area contributed by atoms with E-state index in [9.17, 15) is 9.59 Å². The SMILES string of the molecule is CC(NC(=O)C1CCCN(C(=O)c2ccco2)C1)c1cccs1. The third kappa shape index (κ3) is 3.64. The van der Waals surface area contributed by atoms with E-state index in [0.717, 1.165) is 17.7 Å². The molecule has 2 atom stereocenters. The highest BCUT2D eigenvalue weighted by molar-refractivity contribution is 7.10. The molecule has 2 aromatic rings. The van der Waals surface area contributed by atoms with E-state index in [0.29, 0.717) is 18.8 Å². The van der Waals surface area contributed by atoms with Crippen LogP contribution in [-0.4, -0.2) is 29.8 Å². The van der Waals surface area contributed by atoms with Crippen molar-refractivity contribution in [1.29, 1.82) is 0 Å². The molecule has 0 aromatic carbocycles. The first kappa shape index (κ1) is 15.8. The normalized spacial score (nSPS) is 19.3. The summed E-state index contributed by atoms with van der Waals surface area (Å²) in [5.74, 6) is 0.0461. The molecule has 2 aromatic heterocycles. The molecular weight excluding hydrogens is 312 g/mol. The number of hydrogen-bond donors (Lipinski definition) is 1. The lowest BCUT2D eigenvalue weighted by Crippen LogP contribution is -2.45. The van der Waals surface area contributed by atoms with Gasteiger partial charge in [-0.05, 0) is 43.3 Å². The van der Waals surface area contributed by atoms with Crippen LogP contribution >= 0.6 is 11.3 Å². The van der Waals surface area contributed by atoms with Crippen molar-refractivity contribution < 1.29 is 14.0 Å². The highest BCUT2D eigenvalue weighted by atomic mass is 32.1. The largest absolute Gasteiger partial charge is 0.459 e. The van der Waals surface area contributed by atoms with E-state index in [1.807, 2.05) is 24.4 Å². The third-order valence-corrected chi connectivity index (χ3v) is 5.20. The summed E-state index contributed by atoms with van der Waals surface area (Å²) in [6.07, 6.45) is 3.13. The molecule has 0 spiro atoms. The smallest absolute Gasteiger partial charge is 0.289 e. The highest BCUT2D eigenvalue weighted by Crippen LogP contribution is 2.22. The lowest BCUT2D eigenvalue weighted by molar-refractivity contribution is -0.127. The van der Waals surface area contributed by atoms with Gasteiger partial charge in [0.25, 0.3) is 5.91 Å². The van der Waals surface area contributed by atoms with Crippen LogP contribution in [-0.2, 0) is 4.79 Å². The Labute approximate surface area is 139 Å². The highest BCUT2D eigenvalue weighted by Gasteiger charge is 2.30. The molecule has 3 rings (SSSR count). The maximum atomic E-state index is 12.5. The molecule has 0 saturated carbocycles. The van der Waals surface area contributed by atoms with E-state index >= 15 is 0 Å². The van der Waals surface area contributed by atoms with Crippen molar-refractivity contribution in [3.8, 4) is 0 Å². The third-order valence-electron chi connectivity index (χ3n) is 4.14. The number of hydrogen-bond acceptors (Lipinski definition) is 4. The molecule has 3 heterocycles. The average molecular weight is 332 g/mol. The zero-order valence-corrected chi connectivity index (χ0v) is 13.8. The number of carbonyl (C=O) groups excluding carboxylic acids is 2. The van der Waals surface area contributed by atoms with Gasteiger partial charge in [-0.3, -0.25) is 9.59 Å². The van der Waals surface area contributed by atoms with Crippen LogP contribution in [0.1, 0.15) is 41.2 Å². The van der Waals surface area contributed by atoms with Crippen LogP contribution in [0.5, 0.6) is 0 Å². The second kappa shape index (κ2) is 7.00. The van der Waals surface area contributed by atoms with Crippen LogP contribution in [0.4, 0.5) is 0 Å². The summed E-state index contributed by atoms with van der Waals surface area (Å²) in [5, 5.41) is 5.06. The Morgan fingerprint density at radius 2 is 2.26 bits per heavy atom. The maximum absolute atomic E-state index is 12.5. The number of nitrogens with zero attached hydrogens (tertiary/aromatic N) is 1. The lowest BCUT2D eigenvalue weighted by atomic mass is 9.96. The molecule has 0 radical (unpaired) electrons. The van der Waals surface area contributed by atoms with Gasteiger partial charge in [-0.1, -0.05) is 6.07 Å². The Hall–Kier alpha value is -2.08. The maximum Gasteiger partial charge on any atom is 0.289 e. The molecule has 23 heavy (non-hydrogen) atoms. The van der Waals surface area contributed by atoms with Gasteiger partial charge in [0.2, 0.25) is 5.91 Å². The average Bonchev–Trinajstić information content (AvgIpc) is 3.27. The predicted molar refractivity (Wildman–Crippen MR) is 88.2 cm³/mol. The number of carbonyl (C=O) groups is 2. The number of nitrogens with one attached hydrogen (secondary N) is 1. The Morgan fingerprint density at radius 3 is 2.96 bits per heavy atom. The van der Waals surface area contributed by atoms with Crippen molar-refractivity contribution in [1.82, 2.24) is 10.2 Å². The molecule has 1 aliphatic rings. The number of likely N-dealkylation sites (tertiary alicyclic amines) is 1. The van der Waals surface area contributed by atoms with Crippen LogP contribution in [0, 0.1) is 5.92 Å². The van der Waals surface area contributed by atoms with Gasteiger partial charge in [0.15, 0.2) is 5.76 Å². The van der Waals surface area contributed by atoms with Gasteiger partial charge in [-0.15, -0.1) is 11.3 Å². The van der Waals surface area contributed by atoms with Crippen LogP contribution in [0.25, 0.3) is 0 Å². The van der Waals surface area contributed by atoms with Crippen molar-refractivity contribution >= 4 is 23.2 Å². The summed E-state index contributed by atoms with van der Waals surface area (Å²) in [6, 6.07) is 7.35. The van der Waals surface area contributed by atoms with E-state index in [1.54, 1.807) is 28.4 Å². The van der Waals surface area contributed by atoms with Crippen LogP contribution in [0.15, 0.2) is 40.3 Å². The Morgan fingerprint density at radius 1 is 1.39 bits per heavy atom. The second-order valence-electron chi connectivity index (χ2n) is 5.81. The molecule has 6 heteroatoms. The first-order chi connectivity index (χ1) is 11.1. The molecule has 5 nitrogen and oxygen atoms in total. The van der Waals surface area contributed by atoms with Crippen LogP contribution in [0.2, 0.25) is 0 Å². The van der Waals surface area contributed by atoms with Crippen molar-refractivity contribution in [3.05, 3.63) is 46.5 Å². The van der Waals surface area contributed by atoms with Crippen molar-refractivity contribution in [3.63, 3.8) is 0 Å². The van der Waals surface area contributed by atoms with Gasteiger partial charge in [0.05, 0.1) is 18.2 Å². The van der Waals surface area contributed by atoms with E-state index < -0.39 is 0 Å². The Bertz CT molecular complexity index is 651. The molecule has 1 N–H and O–H groups in total. The van der Waals surface area contributed by atoms with E-state index in [1.165, 1.54) is 6.26 Å². The van der Waals surface area contributed by atoms with Crippen molar-refractivity contribution in [2.75, 3.05) is 13.1 Å². The summed E-state index contributed by atoms with van der Waals surface area (Å²) >= 11 is 1.63. The predicted octanol–water partition coefficient (Wildman–Crippen LogP) is 3.07. The summed E-state index contributed by atoms with van der Waals surface area (Å²) in [7, 11) is 0. The fourth-order valence-electron chi connectivity index (χ4n) is 2.87. The molecule has 2 unspecified atom stereocenters. The standard InChI is InChI=1S/C17H20N2O3S/c1-12(15-7-4-10-23-15)18-16(20)13-5-2-8-19(11-13)17(21)14-6-3-9-22-14/h3-4,6-7,9-10,12-13H,2,5,8,11H2,1H3,(H,18,20). The fourth-order valence-corrected chi connectivity index (χ4v) is 3.61. The van der Waals surface area contributed by atoms with Crippen LogP contribution in [0.3, 0.4) is 0 Å². The van der Waals surface area contributed by atoms with Gasteiger partial charge in [0.1, 0.15) is 0 Å². The molecule has 1 saturated heterocycles. The fraction of sp³-hybridized carbons (Fsp3) is 0.412. The Balaban J connectivity index is 1.59. The molecule has 0 bridgehead atoms. The zero-order chi connectivity index (χ0) is 16.2. The summed E-state index contributed by atoms with van der Waals surface area (Å²) < 4.78 is 5.17. The topological polar surface area (TPSA) is 62.6 Å². The number of piperidine rings is 1. The van der Waals surface area contributed by atoms with E-state index in [2.05, 4.69) is 5.32 Å². The van der Waals surface area contributed by atoms with E-state index in [-0.39, 0.29) is 23.8 Å². The van der Waals surface area contributed by atoms with Gasteiger partial charge >= 0.3 is 0 Å². The van der Waals surface area contributed by atoms with E-state index in [4.69, 9.17) is 4.42 Å². The lowest BCUT2D eigenvalue weighted by Gasteiger charge is -2.32. The summed E-state index contributed by atoms with van der Waals surface area (Å²) in [6.45, 7) is 3.10. The minimum absolute atomic E-state index is 0.00125. The first-order valence-corrected chi connectivity index (χ1v) is 8.69. The quantitative estimate of drug-likeness (QED) is 0.936. The Kier molecular flexibility index (Phi) is 4.81. The zero-order valence-electron chi connectivity index (χ0n) is 13.0. The summed E-state index contributed by atoms with van der Waals surface area (Å²) in [5.41, 5.74) is 0. The minimum atomic E-state index is -0.162. The number of thiophene rings is 1. The van der Waals surface area contributed by atoms with Gasteiger partial charge in [-0.25, -0.2) is 0 Å². The second-order valence-corrected chi connectivity index (χ2v) is 6.79. The van der Waals surface area contributed by atoms with Gasteiger partial charge in [0, 0.05) is 18.0 Å². The molecule has 1 fully saturated rings. The molecule has 0 aliphatic carbocycles. The van der Waals surface area contributed by atoms with Gasteiger partial charge < -0.3 is 14.6 Å². The molecule has 2 amide bonds.